The van der Waals surface area contributed by atoms with E-state index in [0.717, 1.165) is 32.6 Å². The van der Waals surface area contributed by atoms with E-state index in [1.807, 2.05) is 25.7 Å². The molecular weight excluding hydrogens is 280 g/mol. The van der Waals surface area contributed by atoms with Crippen LogP contribution in [0.5, 0.6) is 0 Å². The smallest absolute Gasteiger partial charge is 0.236 e. The first kappa shape index (κ1) is 15.5. The Kier molecular flexibility index (Phi) is 3.97. The van der Waals surface area contributed by atoms with Gasteiger partial charge in [0, 0.05) is 25.6 Å². The molecule has 0 radical (unpaired) electrons. The Balaban J connectivity index is 1.94. The number of nitrogens with zero attached hydrogens (tertiary/aromatic N) is 4. The Morgan fingerprint density at radius 1 is 1.45 bits per heavy atom. The van der Waals surface area contributed by atoms with Gasteiger partial charge in [-0.25, -0.2) is 0 Å². The van der Waals surface area contributed by atoms with Gasteiger partial charge in [0.25, 0.3) is 0 Å². The van der Waals surface area contributed by atoms with Gasteiger partial charge >= 0.3 is 0 Å². The van der Waals surface area contributed by atoms with Gasteiger partial charge in [0.1, 0.15) is 0 Å². The third-order valence-electron chi connectivity index (χ3n) is 5.20. The lowest BCUT2D eigenvalue weighted by atomic mass is 9.73. The molecule has 2 saturated heterocycles. The van der Waals surface area contributed by atoms with Gasteiger partial charge in [0.15, 0.2) is 5.82 Å². The number of hydrogen-bond donors (Lipinski definition) is 0. The largest absolute Gasteiger partial charge is 0.341 e. The summed E-state index contributed by atoms with van der Waals surface area (Å²) >= 11 is 0. The van der Waals surface area contributed by atoms with Crippen LogP contribution in [0.1, 0.15) is 38.9 Å². The van der Waals surface area contributed by atoms with Crippen molar-refractivity contribution in [1.29, 1.82) is 0 Å². The molecule has 0 aliphatic carbocycles. The fraction of sp³-hybridized carbons (Fsp3) is 0.812. The molecule has 0 unspecified atom stereocenters. The van der Waals surface area contributed by atoms with Gasteiger partial charge in [0.2, 0.25) is 11.8 Å². The first-order chi connectivity index (χ1) is 10.5. The number of likely N-dealkylation sites (tertiary alicyclic amines) is 2. The number of piperidine rings is 1. The van der Waals surface area contributed by atoms with Crippen molar-refractivity contribution in [1.82, 2.24) is 19.9 Å². The van der Waals surface area contributed by atoms with Gasteiger partial charge in [-0.2, -0.15) is 4.98 Å². The van der Waals surface area contributed by atoms with E-state index in [4.69, 9.17) is 4.52 Å². The standard InChI is InChI=1S/C16H26N4O2/c1-5-19-7-6-13-8-20(14(21)11(2)3)10-16(13,9-19)15-17-12(4)18-22-15/h11,13H,5-10H2,1-4H3/t13-,16-/m0/s1. The molecule has 0 aromatic carbocycles. The van der Waals surface area contributed by atoms with Gasteiger partial charge in [0.05, 0.1) is 5.41 Å². The molecule has 0 N–H and O–H groups in total. The molecule has 22 heavy (non-hydrogen) atoms. The number of carbonyl (C=O) groups excluding carboxylic acids is 1. The molecule has 1 aromatic rings. The summed E-state index contributed by atoms with van der Waals surface area (Å²) in [6.45, 7) is 12.5. The van der Waals surface area contributed by atoms with E-state index in [-0.39, 0.29) is 17.2 Å². The minimum atomic E-state index is -0.194. The summed E-state index contributed by atoms with van der Waals surface area (Å²) in [4.78, 5) is 21.4. The van der Waals surface area contributed by atoms with Crippen LogP contribution in [0.2, 0.25) is 0 Å². The molecule has 2 atom stereocenters. The minimum Gasteiger partial charge on any atom is -0.341 e. The third kappa shape index (κ3) is 2.43. The highest BCUT2D eigenvalue weighted by atomic mass is 16.5. The number of likely N-dealkylation sites (N-methyl/N-ethyl adjacent to an activating group) is 1. The Bertz CT molecular complexity index is 556. The van der Waals surface area contributed by atoms with Crippen LogP contribution in [0.3, 0.4) is 0 Å². The van der Waals surface area contributed by atoms with Gasteiger partial charge < -0.3 is 14.3 Å². The zero-order chi connectivity index (χ0) is 15.9. The first-order valence-corrected chi connectivity index (χ1v) is 8.28. The van der Waals surface area contributed by atoms with E-state index >= 15 is 0 Å². The van der Waals surface area contributed by atoms with E-state index in [1.54, 1.807) is 0 Å². The highest BCUT2D eigenvalue weighted by Gasteiger charge is 2.55. The van der Waals surface area contributed by atoms with Gasteiger partial charge in [-0.15, -0.1) is 0 Å². The Morgan fingerprint density at radius 3 is 2.82 bits per heavy atom. The van der Waals surface area contributed by atoms with Gasteiger partial charge in [-0.3, -0.25) is 4.79 Å². The van der Waals surface area contributed by atoms with Crippen molar-refractivity contribution >= 4 is 5.91 Å². The molecule has 1 aromatic heterocycles. The third-order valence-corrected chi connectivity index (χ3v) is 5.20. The van der Waals surface area contributed by atoms with E-state index in [0.29, 0.717) is 24.2 Å². The fourth-order valence-corrected chi connectivity index (χ4v) is 3.95. The van der Waals surface area contributed by atoms with E-state index in [2.05, 4.69) is 22.0 Å². The topological polar surface area (TPSA) is 62.5 Å². The Morgan fingerprint density at radius 2 is 2.23 bits per heavy atom. The normalized spacial score (nSPS) is 29.1. The zero-order valence-electron chi connectivity index (χ0n) is 14.0. The van der Waals surface area contributed by atoms with Crippen LogP contribution in [-0.4, -0.2) is 58.6 Å². The number of carbonyl (C=O) groups is 1. The second-order valence-electron chi connectivity index (χ2n) is 7.03. The quantitative estimate of drug-likeness (QED) is 0.846. The number of fused-ring (bicyclic) bond motifs is 1. The molecule has 122 valence electrons. The number of aryl methyl sites for hydroxylation is 1. The lowest BCUT2D eigenvalue weighted by Crippen LogP contribution is -2.52. The van der Waals surface area contributed by atoms with Crippen molar-refractivity contribution in [2.45, 2.75) is 39.5 Å². The Labute approximate surface area is 131 Å². The molecule has 2 aliphatic heterocycles. The summed E-state index contributed by atoms with van der Waals surface area (Å²) in [5, 5.41) is 3.99. The molecule has 0 bridgehead atoms. The fourth-order valence-electron chi connectivity index (χ4n) is 3.95. The maximum absolute atomic E-state index is 12.5. The monoisotopic (exact) mass is 306 g/mol. The summed E-state index contributed by atoms with van der Waals surface area (Å²) < 4.78 is 5.56. The van der Waals surface area contributed by atoms with Gasteiger partial charge in [-0.1, -0.05) is 25.9 Å². The molecule has 0 spiro atoms. The minimum absolute atomic E-state index is 0.0314. The summed E-state index contributed by atoms with van der Waals surface area (Å²) in [6, 6.07) is 0. The van der Waals surface area contributed by atoms with Crippen molar-refractivity contribution in [3.8, 4) is 0 Å². The molecule has 3 rings (SSSR count). The van der Waals surface area contributed by atoms with Crippen LogP contribution in [0.15, 0.2) is 4.52 Å². The van der Waals surface area contributed by atoms with Crippen LogP contribution < -0.4 is 0 Å². The van der Waals surface area contributed by atoms with Crippen LogP contribution in [0.4, 0.5) is 0 Å². The highest BCUT2D eigenvalue weighted by molar-refractivity contribution is 5.78. The Hall–Kier alpha value is -1.43. The van der Waals surface area contributed by atoms with Gasteiger partial charge in [-0.05, 0) is 32.4 Å². The highest BCUT2D eigenvalue weighted by Crippen LogP contribution is 2.44. The molecule has 3 heterocycles. The van der Waals surface area contributed by atoms with Crippen molar-refractivity contribution in [3.63, 3.8) is 0 Å². The molecule has 6 nitrogen and oxygen atoms in total. The predicted octanol–water partition coefficient (Wildman–Crippen LogP) is 1.46. The number of amides is 1. The predicted molar refractivity (Wildman–Crippen MR) is 82.4 cm³/mol. The second kappa shape index (κ2) is 5.65. The lowest BCUT2D eigenvalue weighted by molar-refractivity contribution is -0.133. The van der Waals surface area contributed by atoms with Crippen molar-refractivity contribution in [2.24, 2.45) is 11.8 Å². The summed E-state index contributed by atoms with van der Waals surface area (Å²) in [7, 11) is 0. The van der Waals surface area contributed by atoms with Crippen LogP contribution in [0, 0.1) is 18.8 Å². The molecule has 2 aliphatic rings. The van der Waals surface area contributed by atoms with Crippen LogP contribution in [-0.2, 0) is 10.2 Å². The molecule has 6 heteroatoms. The van der Waals surface area contributed by atoms with Crippen LogP contribution in [0.25, 0.3) is 0 Å². The average molecular weight is 306 g/mol. The second-order valence-corrected chi connectivity index (χ2v) is 7.03. The SMILES string of the molecule is CCN1CC[C@H]2CN(C(=O)C(C)C)C[C@@]2(c2nc(C)no2)C1. The summed E-state index contributed by atoms with van der Waals surface area (Å²) in [6.07, 6.45) is 1.08. The number of hydrogen-bond acceptors (Lipinski definition) is 5. The molecule has 1 amide bonds. The maximum atomic E-state index is 12.5. The van der Waals surface area contributed by atoms with Crippen LogP contribution >= 0.6 is 0 Å². The maximum Gasteiger partial charge on any atom is 0.236 e. The van der Waals surface area contributed by atoms with Crippen molar-refractivity contribution in [3.05, 3.63) is 11.7 Å². The van der Waals surface area contributed by atoms with Crippen molar-refractivity contribution in [2.75, 3.05) is 32.7 Å². The summed E-state index contributed by atoms with van der Waals surface area (Å²) in [5.74, 6) is 2.06. The molecular formula is C16H26N4O2. The average Bonchev–Trinajstić information content (AvgIpc) is 3.09. The summed E-state index contributed by atoms with van der Waals surface area (Å²) in [5.41, 5.74) is -0.194. The van der Waals surface area contributed by atoms with Crippen molar-refractivity contribution < 1.29 is 9.32 Å². The number of rotatable bonds is 3. The van der Waals surface area contributed by atoms with E-state index in [1.165, 1.54) is 0 Å². The van der Waals surface area contributed by atoms with E-state index < -0.39 is 0 Å². The zero-order valence-corrected chi connectivity index (χ0v) is 14.0. The number of aromatic nitrogens is 2. The lowest BCUT2D eigenvalue weighted by Gasteiger charge is -2.41. The first-order valence-electron chi connectivity index (χ1n) is 8.28. The molecule has 0 saturated carbocycles. The van der Waals surface area contributed by atoms with E-state index in [9.17, 15) is 4.79 Å². The molecule has 2 fully saturated rings.